The molecule has 0 spiro atoms. The Morgan fingerprint density at radius 3 is 2.61 bits per heavy atom. The van der Waals surface area contributed by atoms with Gasteiger partial charge in [-0.15, -0.1) is 0 Å². The van der Waals surface area contributed by atoms with Gasteiger partial charge < -0.3 is 4.90 Å². The summed E-state index contributed by atoms with van der Waals surface area (Å²) in [6.07, 6.45) is 0.521. The molecular weight excluding hydrogens is 314 g/mol. The lowest BCUT2D eigenvalue weighted by Gasteiger charge is -2.24. The fourth-order valence-electron chi connectivity index (χ4n) is 2.53. The molecule has 0 bridgehead atoms. The first-order valence-electron chi connectivity index (χ1n) is 5.42. The summed E-state index contributed by atoms with van der Waals surface area (Å²) in [6.45, 7) is 0. The fourth-order valence-corrected chi connectivity index (χ4v) is 8.01. The zero-order chi connectivity index (χ0) is 13.1. The van der Waals surface area contributed by atoms with Crippen molar-refractivity contribution in [3.05, 3.63) is 11.1 Å². The van der Waals surface area contributed by atoms with Gasteiger partial charge in [-0.05, 0) is 6.42 Å². The monoisotopic (exact) mass is 325 g/mol. The van der Waals surface area contributed by atoms with Crippen LogP contribution in [0.2, 0.25) is 0 Å². The van der Waals surface area contributed by atoms with Gasteiger partial charge in [-0.2, -0.15) is 0 Å². The van der Waals surface area contributed by atoms with Crippen molar-refractivity contribution in [2.24, 2.45) is 0 Å². The molecule has 18 heavy (non-hydrogen) atoms. The van der Waals surface area contributed by atoms with E-state index < -0.39 is 19.7 Å². The minimum absolute atomic E-state index is 0.0673. The first kappa shape index (κ1) is 12.9. The van der Waals surface area contributed by atoms with Crippen molar-refractivity contribution in [3.63, 3.8) is 0 Å². The van der Waals surface area contributed by atoms with E-state index in [1.54, 1.807) is 4.90 Å². The van der Waals surface area contributed by atoms with Crippen molar-refractivity contribution < 1.29 is 16.8 Å². The lowest BCUT2D eigenvalue weighted by molar-refractivity contribution is 0.418. The summed E-state index contributed by atoms with van der Waals surface area (Å²) in [5.41, 5.74) is 0.673. The standard InChI is InChI=1S/C9H11NO4S4/c11-17(12)2-1-6(3-17)10-7-4-18(13,14)5-8(7)16-9(10)15/h4,6,8H,1-3,5H2/t6-,8-/m1/s1. The Morgan fingerprint density at radius 2 is 2.00 bits per heavy atom. The van der Waals surface area contributed by atoms with E-state index in [0.29, 0.717) is 16.4 Å². The Hall–Kier alpha value is -0.120. The normalized spacial score (nSPS) is 36.8. The van der Waals surface area contributed by atoms with E-state index in [1.165, 1.54) is 17.2 Å². The number of hydrogen-bond donors (Lipinski definition) is 0. The summed E-state index contributed by atoms with van der Waals surface area (Å²) in [6, 6.07) is -0.195. The quantitative estimate of drug-likeness (QED) is 0.635. The van der Waals surface area contributed by atoms with Crippen molar-refractivity contribution in [1.82, 2.24) is 4.90 Å². The van der Waals surface area contributed by atoms with Crippen LogP contribution in [0.4, 0.5) is 0 Å². The molecule has 5 nitrogen and oxygen atoms in total. The number of thioether (sulfide) groups is 1. The number of thiocarbonyl (C=S) groups is 1. The summed E-state index contributed by atoms with van der Waals surface area (Å²) in [5, 5.41) is 1.11. The lowest BCUT2D eigenvalue weighted by Crippen LogP contribution is -2.35. The van der Waals surface area contributed by atoms with Crippen LogP contribution in [-0.2, 0) is 19.7 Å². The molecular formula is C9H11NO4S4. The summed E-state index contributed by atoms with van der Waals surface area (Å²) < 4.78 is 46.7. The third-order valence-corrected chi connectivity index (χ3v) is 8.24. The second kappa shape index (κ2) is 3.94. The van der Waals surface area contributed by atoms with Gasteiger partial charge in [0.25, 0.3) is 0 Å². The highest BCUT2D eigenvalue weighted by atomic mass is 32.2. The highest BCUT2D eigenvalue weighted by molar-refractivity contribution is 8.24. The van der Waals surface area contributed by atoms with E-state index in [9.17, 15) is 16.8 Å². The van der Waals surface area contributed by atoms with E-state index in [0.717, 1.165) is 0 Å². The molecule has 0 amide bonds. The molecule has 0 aliphatic carbocycles. The van der Waals surface area contributed by atoms with Gasteiger partial charge in [0.15, 0.2) is 19.7 Å². The van der Waals surface area contributed by atoms with Gasteiger partial charge in [0.05, 0.1) is 34.0 Å². The molecule has 0 saturated carbocycles. The van der Waals surface area contributed by atoms with Crippen LogP contribution in [0.25, 0.3) is 0 Å². The van der Waals surface area contributed by atoms with Crippen LogP contribution in [0, 0.1) is 0 Å². The maximum atomic E-state index is 11.6. The van der Waals surface area contributed by atoms with Crippen LogP contribution in [0.3, 0.4) is 0 Å². The summed E-state index contributed by atoms with van der Waals surface area (Å²) in [7, 11) is -6.15. The molecule has 2 fully saturated rings. The van der Waals surface area contributed by atoms with E-state index in [4.69, 9.17) is 12.2 Å². The number of rotatable bonds is 1. The maximum absolute atomic E-state index is 11.6. The molecule has 3 heterocycles. The molecule has 100 valence electrons. The van der Waals surface area contributed by atoms with Crippen LogP contribution in [0.15, 0.2) is 11.1 Å². The molecule has 0 aromatic carbocycles. The molecule has 0 aromatic rings. The zero-order valence-corrected chi connectivity index (χ0v) is 12.5. The smallest absolute Gasteiger partial charge is 0.174 e. The van der Waals surface area contributed by atoms with E-state index in [2.05, 4.69) is 0 Å². The second-order valence-electron chi connectivity index (χ2n) is 4.67. The molecule has 3 rings (SSSR count). The van der Waals surface area contributed by atoms with Gasteiger partial charge in [0, 0.05) is 5.70 Å². The van der Waals surface area contributed by atoms with Crippen LogP contribution in [0.5, 0.6) is 0 Å². The number of sulfone groups is 2. The predicted molar refractivity (Wildman–Crippen MR) is 74.7 cm³/mol. The Balaban J connectivity index is 1.95. The molecule has 2 saturated heterocycles. The molecule has 3 aliphatic rings. The predicted octanol–water partition coefficient (Wildman–Crippen LogP) is 0.146. The topological polar surface area (TPSA) is 71.5 Å². The molecule has 9 heteroatoms. The lowest BCUT2D eigenvalue weighted by atomic mass is 10.2. The van der Waals surface area contributed by atoms with Gasteiger partial charge in [-0.1, -0.05) is 24.0 Å². The molecule has 0 N–H and O–H groups in total. The summed E-state index contributed by atoms with van der Waals surface area (Å²) in [5.74, 6) is 0.299. The van der Waals surface area contributed by atoms with Crippen LogP contribution < -0.4 is 0 Å². The first-order chi connectivity index (χ1) is 8.27. The Labute approximate surface area is 115 Å². The number of hydrogen-bond acceptors (Lipinski definition) is 6. The molecule has 0 aromatic heterocycles. The Bertz CT molecular complexity index is 648. The van der Waals surface area contributed by atoms with Crippen LogP contribution in [0.1, 0.15) is 6.42 Å². The molecule has 0 radical (unpaired) electrons. The minimum atomic E-state index is -3.15. The van der Waals surface area contributed by atoms with Gasteiger partial charge in [-0.25, -0.2) is 16.8 Å². The van der Waals surface area contributed by atoms with E-state index in [1.807, 2.05) is 0 Å². The van der Waals surface area contributed by atoms with Crippen molar-refractivity contribution >= 4 is 48.0 Å². The van der Waals surface area contributed by atoms with Gasteiger partial charge in [-0.3, -0.25) is 0 Å². The zero-order valence-electron chi connectivity index (χ0n) is 9.27. The SMILES string of the molecule is O=S1(=O)C=C2[C@@H](C1)SC(=S)N2[C@@H]1CCS(=O)(=O)C1. The van der Waals surface area contributed by atoms with E-state index in [-0.39, 0.29) is 28.6 Å². The van der Waals surface area contributed by atoms with Crippen molar-refractivity contribution in [3.8, 4) is 0 Å². The fraction of sp³-hybridized carbons (Fsp3) is 0.667. The van der Waals surface area contributed by atoms with Crippen LogP contribution >= 0.6 is 24.0 Å². The maximum Gasteiger partial charge on any atom is 0.174 e. The van der Waals surface area contributed by atoms with Gasteiger partial charge in [0.1, 0.15) is 4.32 Å². The minimum Gasteiger partial charge on any atom is -0.325 e. The van der Waals surface area contributed by atoms with Crippen LogP contribution in [-0.4, -0.2) is 54.6 Å². The largest absolute Gasteiger partial charge is 0.325 e. The van der Waals surface area contributed by atoms with Crippen molar-refractivity contribution in [2.75, 3.05) is 17.3 Å². The van der Waals surface area contributed by atoms with Crippen molar-refractivity contribution in [1.29, 1.82) is 0 Å². The highest BCUT2D eigenvalue weighted by Crippen LogP contribution is 2.42. The molecule has 2 atom stereocenters. The van der Waals surface area contributed by atoms with Gasteiger partial charge >= 0.3 is 0 Å². The number of fused-ring (bicyclic) bond motifs is 1. The molecule has 0 unspecified atom stereocenters. The summed E-state index contributed by atoms with van der Waals surface area (Å²) >= 11 is 6.59. The van der Waals surface area contributed by atoms with Crippen molar-refractivity contribution in [2.45, 2.75) is 17.7 Å². The average Bonchev–Trinajstić information content (AvgIpc) is 2.75. The van der Waals surface area contributed by atoms with E-state index >= 15 is 0 Å². The Morgan fingerprint density at radius 1 is 1.28 bits per heavy atom. The Kier molecular flexibility index (Phi) is 2.82. The first-order valence-corrected chi connectivity index (χ1v) is 10.2. The summed E-state index contributed by atoms with van der Waals surface area (Å²) in [4.78, 5) is 1.75. The third-order valence-electron chi connectivity index (χ3n) is 3.31. The molecule has 3 aliphatic heterocycles. The number of nitrogens with zero attached hydrogens (tertiary/aromatic N) is 1. The highest BCUT2D eigenvalue weighted by Gasteiger charge is 2.46. The van der Waals surface area contributed by atoms with Gasteiger partial charge in [0.2, 0.25) is 0 Å². The average molecular weight is 325 g/mol. The third kappa shape index (κ3) is 2.10. The second-order valence-corrected chi connectivity index (χ2v) is 10.6.